The van der Waals surface area contributed by atoms with Gasteiger partial charge in [-0.2, -0.15) is 0 Å². The smallest absolute Gasteiger partial charge is 0.293 e. The van der Waals surface area contributed by atoms with E-state index in [1.165, 1.54) is 32.1 Å². The molecule has 0 unspecified atom stereocenters. The van der Waals surface area contributed by atoms with Crippen LogP contribution in [0.5, 0.6) is 0 Å². The first kappa shape index (κ1) is 15.1. The molecular weight excluding hydrogens is 250 g/mol. The van der Waals surface area contributed by atoms with Crippen LogP contribution in [0.25, 0.3) is 0 Å². The molecule has 1 saturated carbocycles. The first-order valence-electron chi connectivity index (χ1n) is 7.70. The van der Waals surface area contributed by atoms with Gasteiger partial charge in [-0.15, -0.1) is 0 Å². The SMILES string of the molecule is CCC1(CNc2nccn(C(C)(C)C)c2=O)CCCC1. The first-order chi connectivity index (χ1) is 9.38. The standard InChI is InChI=1S/C16H27N3O/c1-5-16(8-6-7-9-16)12-18-13-14(20)19(11-10-17-13)15(2,3)4/h10-11H,5-9,12H2,1-4H3,(H,17,18). The summed E-state index contributed by atoms with van der Waals surface area (Å²) in [6.07, 6.45) is 9.78. The van der Waals surface area contributed by atoms with Gasteiger partial charge in [0, 0.05) is 24.5 Å². The number of nitrogens with one attached hydrogen (secondary N) is 1. The summed E-state index contributed by atoms with van der Waals surface area (Å²) in [5.74, 6) is 0.488. The van der Waals surface area contributed by atoms with Crippen LogP contribution in [-0.2, 0) is 5.54 Å². The highest BCUT2D eigenvalue weighted by atomic mass is 16.1. The summed E-state index contributed by atoms with van der Waals surface area (Å²) in [6.45, 7) is 9.20. The number of hydrogen-bond donors (Lipinski definition) is 1. The van der Waals surface area contributed by atoms with Gasteiger partial charge in [-0.3, -0.25) is 4.79 Å². The Morgan fingerprint density at radius 3 is 2.55 bits per heavy atom. The van der Waals surface area contributed by atoms with Crippen molar-refractivity contribution in [3.05, 3.63) is 22.7 Å². The highest BCUT2D eigenvalue weighted by Gasteiger charge is 2.32. The Bertz CT molecular complexity index is 507. The lowest BCUT2D eigenvalue weighted by molar-refractivity contribution is 0.306. The van der Waals surface area contributed by atoms with E-state index in [2.05, 4.69) is 17.2 Å². The van der Waals surface area contributed by atoms with Gasteiger partial charge in [-0.25, -0.2) is 4.98 Å². The second-order valence-corrected chi connectivity index (χ2v) is 7.04. The molecule has 1 N–H and O–H groups in total. The maximum absolute atomic E-state index is 12.5. The van der Waals surface area contributed by atoms with Crippen LogP contribution in [0.1, 0.15) is 59.8 Å². The molecular formula is C16H27N3O. The summed E-state index contributed by atoms with van der Waals surface area (Å²) >= 11 is 0. The average molecular weight is 277 g/mol. The fourth-order valence-electron chi connectivity index (χ4n) is 3.11. The van der Waals surface area contributed by atoms with Crippen molar-refractivity contribution in [1.29, 1.82) is 0 Å². The minimum Gasteiger partial charge on any atom is -0.365 e. The third-order valence-corrected chi connectivity index (χ3v) is 4.61. The van der Waals surface area contributed by atoms with Crippen LogP contribution in [0.3, 0.4) is 0 Å². The summed E-state index contributed by atoms with van der Waals surface area (Å²) in [6, 6.07) is 0. The monoisotopic (exact) mass is 277 g/mol. The van der Waals surface area contributed by atoms with E-state index in [9.17, 15) is 4.79 Å². The van der Waals surface area contributed by atoms with Crippen LogP contribution in [0.15, 0.2) is 17.2 Å². The highest BCUT2D eigenvalue weighted by molar-refractivity contribution is 5.31. The summed E-state index contributed by atoms with van der Waals surface area (Å²) < 4.78 is 1.75. The van der Waals surface area contributed by atoms with Crippen LogP contribution >= 0.6 is 0 Å². The number of rotatable bonds is 4. The molecule has 0 aromatic carbocycles. The van der Waals surface area contributed by atoms with Crippen LogP contribution in [-0.4, -0.2) is 16.1 Å². The van der Waals surface area contributed by atoms with E-state index in [0.717, 1.165) is 6.54 Å². The highest BCUT2D eigenvalue weighted by Crippen LogP contribution is 2.40. The van der Waals surface area contributed by atoms with E-state index in [-0.39, 0.29) is 11.1 Å². The van der Waals surface area contributed by atoms with Gasteiger partial charge in [0.05, 0.1) is 0 Å². The zero-order valence-corrected chi connectivity index (χ0v) is 13.2. The Hall–Kier alpha value is -1.32. The van der Waals surface area contributed by atoms with Crippen molar-refractivity contribution in [1.82, 2.24) is 9.55 Å². The predicted molar refractivity (Wildman–Crippen MR) is 83.2 cm³/mol. The van der Waals surface area contributed by atoms with Crippen LogP contribution in [0.4, 0.5) is 5.82 Å². The Morgan fingerprint density at radius 1 is 1.35 bits per heavy atom. The lowest BCUT2D eigenvalue weighted by Gasteiger charge is -2.28. The van der Waals surface area contributed by atoms with E-state index < -0.39 is 0 Å². The van der Waals surface area contributed by atoms with Crippen LogP contribution in [0.2, 0.25) is 0 Å². The number of anilines is 1. The largest absolute Gasteiger partial charge is 0.365 e. The molecule has 0 atom stereocenters. The van der Waals surface area contributed by atoms with Crippen molar-refractivity contribution in [2.24, 2.45) is 5.41 Å². The van der Waals surface area contributed by atoms with Crippen molar-refractivity contribution in [3.63, 3.8) is 0 Å². The van der Waals surface area contributed by atoms with Gasteiger partial charge in [0.2, 0.25) is 0 Å². The fraction of sp³-hybridized carbons (Fsp3) is 0.750. The van der Waals surface area contributed by atoms with E-state index in [4.69, 9.17) is 0 Å². The summed E-state index contributed by atoms with van der Waals surface area (Å²) in [4.78, 5) is 16.7. The van der Waals surface area contributed by atoms with Crippen molar-refractivity contribution in [2.75, 3.05) is 11.9 Å². The molecule has 1 aliphatic carbocycles. The lowest BCUT2D eigenvalue weighted by atomic mass is 9.83. The normalized spacial score (nSPS) is 18.2. The summed E-state index contributed by atoms with van der Waals surface area (Å²) in [5.41, 5.74) is 0.118. The van der Waals surface area contributed by atoms with Gasteiger partial charge >= 0.3 is 0 Å². The number of hydrogen-bond acceptors (Lipinski definition) is 3. The van der Waals surface area contributed by atoms with Crippen molar-refractivity contribution in [2.45, 2.75) is 65.3 Å². The van der Waals surface area contributed by atoms with E-state index in [0.29, 0.717) is 11.2 Å². The summed E-state index contributed by atoms with van der Waals surface area (Å²) in [5, 5.41) is 3.31. The molecule has 4 heteroatoms. The number of nitrogens with zero attached hydrogens (tertiary/aromatic N) is 2. The molecule has 1 aliphatic rings. The third-order valence-electron chi connectivity index (χ3n) is 4.61. The summed E-state index contributed by atoms with van der Waals surface area (Å²) in [7, 11) is 0. The Kier molecular flexibility index (Phi) is 4.21. The van der Waals surface area contributed by atoms with Gasteiger partial charge < -0.3 is 9.88 Å². The molecule has 1 fully saturated rings. The molecule has 0 aliphatic heterocycles. The second-order valence-electron chi connectivity index (χ2n) is 7.04. The zero-order valence-electron chi connectivity index (χ0n) is 13.2. The average Bonchev–Trinajstić information content (AvgIpc) is 2.85. The van der Waals surface area contributed by atoms with Gasteiger partial charge in [-0.1, -0.05) is 19.8 Å². The lowest BCUT2D eigenvalue weighted by Crippen LogP contribution is -2.36. The molecule has 0 radical (unpaired) electrons. The maximum atomic E-state index is 12.5. The topological polar surface area (TPSA) is 46.9 Å². The van der Waals surface area contributed by atoms with Gasteiger partial charge in [0.15, 0.2) is 5.82 Å². The molecule has 1 aromatic rings. The first-order valence-corrected chi connectivity index (χ1v) is 7.70. The molecule has 4 nitrogen and oxygen atoms in total. The Balaban J connectivity index is 2.16. The predicted octanol–water partition coefficient (Wildman–Crippen LogP) is 3.38. The van der Waals surface area contributed by atoms with Gasteiger partial charge in [0.1, 0.15) is 0 Å². The zero-order chi connectivity index (χ0) is 14.8. The second kappa shape index (κ2) is 5.58. The van der Waals surface area contributed by atoms with Crippen LogP contribution in [0, 0.1) is 5.41 Å². The molecule has 0 bridgehead atoms. The molecule has 112 valence electrons. The molecule has 0 spiro atoms. The Labute approximate surface area is 121 Å². The molecule has 1 aromatic heterocycles. The maximum Gasteiger partial charge on any atom is 0.293 e. The van der Waals surface area contributed by atoms with Crippen LogP contribution < -0.4 is 10.9 Å². The van der Waals surface area contributed by atoms with E-state index in [1.54, 1.807) is 17.0 Å². The quantitative estimate of drug-likeness (QED) is 0.917. The molecule has 0 amide bonds. The van der Waals surface area contributed by atoms with Gasteiger partial charge in [-0.05, 0) is 45.4 Å². The van der Waals surface area contributed by atoms with E-state index in [1.807, 2.05) is 20.8 Å². The fourth-order valence-corrected chi connectivity index (χ4v) is 3.11. The Morgan fingerprint density at radius 2 is 2.00 bits per heavy atom. The van der Waals surface area contributed by atoms with Crippen molar-refractivity contribution in [3.8, 4) is 0 Å². The van der Waals surface area contributed by atoms with Crippen molar-refractivity contribution >= 4 is 5.82 Å². The number of aromatic nitrogens is 2. The third kappa shape index (κ3) is 3.05. The van der Waals surface area contributed by atoms with Crippen molar-refractivity contribution < 1.29 is 0 Å². The molecule has 20 heavy (non-hydrogen) atoms. The molecule has 1 heterocycles. The minimum atomic E-state index is -0.216. The van der Waals surface area contributed by atoms with E-state index >= 15 is 0 Å². The molecule has 0 saturated heterocycles. The minimum absolute atomic E-state index is 0.0238. The van der Waals surface area contributed by atoms with Gasteiger partial charge in [0.25, 0.3) is 5.56 Å². The molecule has 2 rings (SSSR count).